The second kappa shape index (κ2) is 11.5. The van der Waals surface area contributed by atoms with Crippen LogP contribution in [0, 0.1) is 0 Å². The lowest BCUT2D eigenvalue weighted by molar-refractivity contribution is 0.475. The molecule has 0 unspecified atom stereocenters. The number of guanidine groups is 1. The fourth-order valence-electron chi connectivity index (χ4n) is 2.77. The van der Waals surface area contributed by atoms with Crippen molar-refractivity contribution in [1.82, 2.24) is 14.8 Å². The number of aromatic nitrogens is 1. The van der Waals surface area contributed by atoms with Crippen LogP contribution >= 0.6 is 11.8 Å². The van der Waals surface area contributed by atoms with Crippen LogP contribution in [0.4, 0.5) is 0 Å². The molecule has 5 nitrogen and oxygen atoms in total. The van der Waals surface area contributed by atoms with Crippen molar-refractivity contribution < 1.29 is 0 Å². The molecule has 0 spiro atoms. The van der Waals surface area contributed by atoms with Crippen LogP contribution in [0.1, 0.15) is 25.3 Å². The van der Waals surface area contributed by atoms with Crippen molar-refractivity contribution in [2.75, 3.05) is 26.4 Å². The third-order valence-electron chi connectivity index (χ3n) is 4.24. The topological polar surface area (TPSA) is 49.6 Å². The minimum absolute atomic E-state index is 0.0570. The highest BCUT2D eigenvalue weighted by Crippen LogP contribution is 2.15. The molecule has 0 bridgehead atoms. The van der Waals surface area contributed by atoms with Gasteiger partial charge in [0.15, 0.2) is 5.96 Å². The number of hydrogen-bond acceptors (Lipinski definition) is 3. The molecule has 0 aliphatic rings. The minimum Gasteiger partial charge on any atom is -0.357 e. The molecule has 0 radical (unpaired) electrons. The Kier molecular flexibility index (Phi) is 8.98. The predicted molar refractivity (Wildman–Crippen MR) is 116 cm³/mol. The number of thioether (sulfide) groups is 1. The Bertz CT molecular complexity index is 770. The molecule has 1 aromatic heterocycles. The van der Waals surface area contributed by atoms with E-state index in [0.29, 0.717) is 0 Å². The van der Waals surface area contributed by atoms with Gasteiger partial charge in [-0.1, -0.05) is 18.2 Å². The predicted octanol–water partition coefficient (Wildman–Crippen LogP) is 3.45. The molecule has 2 aromatic rings. The van der Waals surface area contributed by atoms with E-state index in [-0.39, 0.29) is 5.56 Å². The van der Waals surface area contributed by atoms with Gasteiger partial charge in [0.2, 0.25) is 5.56 Å². The molecule has 1 N–H and O–H groups in total. The fraction of sp³-hybridized carbons (Fsp3) is 0.429. The average Bonchev–Trinajstić information content (AvgIpc) is 2.68. The minimum atomic E-state index is 0.0570. The molecule has 1 heterocycles. The summed E-state index contributed by atoms with van der Waals surface area (Å²) in [6.45, 7) is 5.23. The molecule has 0 saturated carbocycles. The molecule has 0 aliphatic heterocycles. The van der Waals surface area contributed by atoms with Crippen molar-refractivity contribution in [1.29, 1.82) is 0 Å². The largest absolute Gasteiger partial charge is 0.357 e. The van der Waals surface area contributed by atoms with Gasteiger partial charge in [-0.2, -0.15) is 0 Å². The highest BCUT2D eigenvalue weighted by molar-refractivity contribution is 7.98. The Labute approximate surface area is 166 Å². The zero-order valence-electron chi connectivity index (χ0n) is 16.5. The van der Waals surface area contributed by atoms with E-state index >= 15 is 0 Å². The van der Waals surface area contributed by atoms with Gasteiger partial charge in [0.1, 0.15) is 0 Å². The summed E-state index contributed by atoms with van der Waals surface area (Å²) in [5.74, 6) is 0.920. The smallest absolute Gasteiger partial charge is 0.250 e. The first kappa shape index (κ1) is 21.1. The second-order valence-electron chi connectivity index (χ2n) is 6.38. The van der Waals surface area contributed by atoms with Gasteiger partial charge in [-0.25, -0.2) is 0 Å². The first-order valence-electron chi connectivity index (χ1n) is 9.42. The van der Waals surface area contributed by atoms with Crippen LogP contribution in [-0.4, -0.2) is 41.8 Å². The van der Waals surface area contributed by atoms with Crippen molar-refractivity contribution in [3.63, 3.8) is 0 Å². The summed E-state index contributed by atoms with van der Waals surface area (Å²) in [5.41, 5.74) is 1.32. The highest BCUT2D eigenvalue weighted by atomic mass is 32.2. The molecule has 1 aromatic carbocycles. The van der Waals surface area contributed by atoms with E-state index in [4.69, 9.17) is 4.99 Å². The fourth-order valence-corrected chi connectivity index (χ4v) is 3.18. The van der Waals surface area contributed by atoms with Gasteiger partial charge in [-0.05, 0) is 49.8 Å². The number of hydrogen-bond donors (Lipinski definition) is 1. The number of nitrogens with one attached hydrogen (secondary N) is 1. The van der Waals surface area contributed by atoms with E-state index in [0.717, 1.165) is 45.0 Å². The van der Waals surface area contributed by atoms with Crippen LogP contribution in [0.15, 0.2) is 63.3 Å². The Balaban J connectivity index is 1.84. The third kappa shape index (κ3) is 7.13. The number of rotatable bonds is 9. The number of benzene rings is 1. The van der Waals surface area contributed by atoms with Crippen LogP contribution < -0.4 is 10.9 Å². The van der Waals surface area contributed by atoms with Crippen molar-refractivity contribution in [2.24, 2.45) is 4.99 Å². The number of aliphatic imine (C=N–C) groups is 1. The van der Waals surface area contributed by atoms with E-state index in [9.17, 15) is 4.79 Å². The summed E-state index contributed by atoms with van der Waals surface area (Å²) in [6, 6.07) is 13.9. The maximum atomic E-state index is 11.7. The monoisotopic (exact) mass is 386 g/mol. The SMILES string of the molecule is CCNC(=NCCCCn1ccccc1=O)N(C)Cc1ccc(SC)cc1. The maximum Gasteiger partial charge on any atom is 0.250 e. The molecule has 0 atom stereocenters. The van der Waals surface area contributed by atoms with Crippen LogP contribution in [0.2, 0.25) is 0 Å². The Morgan fingerprint density at radius 3 is 2.63 bits per heavy atom. The molecule has 27 heavy (non-hydrogen) atoms. The van der Waals surface area contributed by atoms with E-state index in [2.05, 4.69) is 54.7 Å². The normalized spacial score (nSPS) is 11.4. The van der Waals surface area contributed by atoms with E-state index in [1.54, 1.807) is 28.5 Å². The van der Waals surface area contributed by atoms with Crippen LogP contribution in [-0.2, 0) is 13.1 Å². The van der Waals surface area contributed by atoms with Gasteiger partial charge in [-0.15, -0.1) is 11.8 Å². The van der Waals surface area contributed by atoms with Crippen molar-refractivity contribution in [3.05, 3.63) is 64.6 Å². The zero-order chi connectivity index (χ0) is 19.5. The van der Waals surface area contributed by atoms with Crippen molar-refractivity contribution in [3.8, 4) is 0 Å². The summed E-state index contributed by atoms with van der Waals surface area (Å²) in [5, 5.41) is 3.36. The summed E-state index contributed by atoms with van der Waals surface area (Å²) >= 11 is 1.75. The number of nitrogens with zero attached hydrogens (tertiary/aromatic N) is 3. The Morgan fingerprint density at radius 2 is 1.96 bits per heavy atom. The van der Waals surface area contributed by atoms with Gasteiger partial charge in [0.05, 0.1) is 0 Å². The Hall–Kier alpha value is -2.21. The Morgan fingerprint density at radius 1 is 1.19 bits per heavy atom. The zero-order valence-corrected chi connectivity index (χ0v) is 17.3. The van der Waals surface area contributed by atoms with Crippen LogP contribution in [0.3, 0.4) is 0 Å². The molecule has 146 valence electrons. The van der Waals surface area contributed by atoms with Gasteiger partial charge >= 0.3 is 0 Å². The van der Waals surface area contributed by atoms with E-state index in [1.807, 2.05) is 12.3 Å². The van der Waals surface area contributed by atoms with Gasteiger partial charge in [-0.3, -0.25) is 9.79 Å². The summed E-state index contributed by atoms with van der Waals surface area (Å²) in [6.07, 6.45) is 5.82. The lowest BCUT2D eigenvalue weighted by Gasteiger charge is -2.22. The standard InChI is InChI=1S/C21H30N4OS/c1-4-22-21(24(2)17-18-10-12-19(27-3)13-11-18)23-14-6-8-16-25-15-7-5-9-20(25)26/h5,7,9-13,15H,4,6,8,14,16-17H2,1-3H3,(H,22,23). The number of unbranched alkanes of at least 4 members (excludes halogenated alkanes) is 1. The molecule has 0 saturated heterocycles. The highest BCUT2D eigenvalue weighted by Gasteiger charge is 2.06. The molecule has 6 heteroatoms. The summed E-state index contributed by atoms with van der Waals surface area (Å²) in [7, 11) is 2.06. The third-order valence-corrected chi connectivity index (χ3v) is 4.99. The summed E-state index contributed by atoms with van der Waals surface area (Å²) < 4.78 is 1.75. The molecular formula is C21H30N4OS. The molecule has 0 amide bonds. The van der Waals surface area contributed by atoms with Crippen molar-refractivity contribution >= 4 is 17.7 Å². The lowest BCUT2D eigenvalue weighted by atomic mass is 10.2. The first-order valence-corrected chi connectivity index (χ1v) is 10.6. The lowest BCUT2D eigenvalue weighted by Crippen LogP contribution is -2.38. The van der Waals surface area contributed by atoms with Crippen molar-refractivity contribution in [2.45, 2.75) is 37.8 Å². The molecule has 0 fully saturated rings. The van der Waals surface area contributed by atoms with Crippen LogP contribution in [0.5, 0.6) is 0 Å². The number of pyridine rings is 1. The quantitative estimate of drug-likeness (QED) is 0.310. The average molecular weight is 387 g/mol. The molecule has 0 aliphatic carbocycles. The molecular weight excluding hydrogens is 356 g/mol. The maximum absolute atomic E-state index is 11.7. The molecule has 2 rings (SSSR count). The van der Waals surface area contributed by atoms with Gasteiger partial charge in [0.25, 0.3) is 0 Å². The second-order valence-corrected chi connectivity index (χ2v) is 7.26. The van der Waals surface area contributed by atoms with E-state index < -0.39 is 0 Å². The first-order chi connectivity index (χ1) is 13.1. The summed E-state index contributed by atoms with van der Waals surface area (Å²) in [4.78, 5) is 19.9. The van der Waals surface area contributed by atoms with Gasteiger partial charge in [0, 0.05) is 50.4 Å². The van der Waals surface area contributed by atoms with Crippen LogP contribution in [0.25, 0.3) is 0 Å². The number of aryl methyl sites for hydroxylation is 1. The van der Waals surface area contributed by atoms with E-state index in [1.165, 1.54) is 10.5 Å². The van der Waals surface area contributed by atoms with Gasteiger partial charge < -0.3 is 14.8 Å².